The number of carbonyl (C=O) groups excluding carboxylic acids is 1. The predicted octanol–water partition coefficient (Wildman–Crippen LogP) is 3.49. The molecule has 1 fully saturated rings. The summed E-state index contributed by atoms with van der Waals surface area (Å²) in [7, 11) is 3.27. The van der Waals surface area contributed by atoms with Crippen molar-refractivity contribution in [3.05, 3.63) is 30.0 Å². The Morgan fingerprint density at radius 1 is 1.04 bits per heavy atom. The van der Waals surface area contributed by atoms with Crippen molar-refractivity contribution in [2.75, 3.05) is 20.8 Å². The van der Waals surface area contributed by atoms with Gasteiger partial charge >= 0.3 is 0 Å². The molecular weight excluding hydrogens is 342 g/mol. The number of hydrogen-bond donors (Lipinski definition) is 0. The van der Waals surface area contributed by atoms with Gasteiger partial charge in [-0.1, -0.05) is 12.8 Å². The first-order chi connectivity index (χ1) is 13.2. The molecule has 27 heavy (non-hydrogen) atoms. The van der Waals surface area contributed by atoms with Crippen LogP contribution in [0.3, 0.4) is 0 Å². The van der Waals surface area contributed by atoms with Gasteiger partial charge in [-0.3, -0.25) is 9.48 Å². The van der Waals surface area contributed by atoms with Gasteiger partial charge in [0.1, 0.15) is 0 Å². The lowest BCUT2D eigenvalue weighted by Crippen LogP contribution is -2.35. The van der Waals surface area contributed by atoms with E-state index >= 15 is 0 Å². The van der Waals surface area contributed by atoms with Crippen LogP contribution in [0.2, 0.25) is 0 Å². The summed E-state index contributed by atoms with van der Waals surface area (Å²) in [5.41, 5.74) is 2.99. The summed E-state index contributed by atoms with van der Waals surface area (Å²) in [6, 6.07) is 7.93. The molecule has 0 radical (unpaired) electrons. The minimum absolute atomic E-state index is 0.227. The van der Waals surface area contributed by atoms with Crippen molar-refractivity contribution < 1.29 is 14.3 Å². The Kier molecular flexibility index (Phi) is 5.05. The molecule has 0 N–H and O–H groups in total. The highest BCUT2D eigenvalue weighted by molar-refractivity contribution is 5.79. The molecule has 2 heterocycles. The topological polar surface area (TPSA) is 56.6 Å². The highest BCUT2D eigenvalue weighted by atomic mass is 16.5. The molecule has 1 saturated carbocycles. The lowest BCUT2D eigenvalue weighted by Gasteiger charge is -2.23. The van der Waals surface area contributed by atoms with E-state index in [0.29, 0.717) is 24.0 Å². The maximum Gasteiger partial charge on any atom is 0.226 e. The Hall–Kier alpha value is -2.50. The average Bonchev–Trinajstić information content (AvgIpc) is 3.33. The van der Waals surface area contributed by atoms with Gasteiger partial charge in [-0.25, -0.2) is 0 Å². The fourth-order valence-electron chi connectivity index (χ4n) is 4.22. The van der Waals surface area contributed by atoms with Gasteiger partial charge in [0.25, 0.3) is 0 Å². The zero-order valence-corrected chi connectivity index (χ0v) is 16.1. The number of aryl methyl sites for hydroxylation is 1. The van der Waals surface area contributed by atoms with Crippen LogP contribution in [0.4, 0.5) is 0 Å². The number of ether oxygens (including phenoxy) is 2. The van der Waals surface area contributed by atoms with Gasteiger partial charge in [0.2, 0.25) is 5.91 Å². The minimum Gasteiger partial charge on any atom is -0.493 e. The number of carbonyl (C=O) groups is 1. The predicted molar refractivity (Wildman–Crippen MR) is 103 cm³/mol. The molecule has 1 aromatic carbocycles. The van der Waals surface area contributed by atoms with Gasteiger partial charge in [0, 0.05) is 24.6 Å². The molecule has 1 aliphatic heterocycles. The average molecular weight is 369 g/mol. The normalized spacial score (nSPS) is 17.5. The summed E-state index contributed by atoms with van der Waals surface area (Å²) in [5, 5.41) is 4.79. The van der Waals surface area contributed by atoms with Gasteiger partial charge in [-0.15, -0.1) is 0 Å². The fraction of sp³-hybridized carbons (Fsp3) is 0.524. The van der Waals surface area contributed by atoms with Crippen LogP contribution in [0.5, 0.6) is 11.5 Å². The number of methoxy groups -OCH3 is 2. The van der Waals surface area contributed by atoms with Gasteiger partial charge < -0.3 is 14.4 Å². The van der Waals surface area contributed by atoms with Crippen molar-refractivity contribution in [3.8, 4) is 22.8 Å². The number of amides is 1. The Morgan fingerprint density at radius 2 is 1.81 bits per heavy atom. The van der Waals surface area contributed by atoms with Crippen LogP contribution < -0.4 is 9.47 Å². The van der Waals surface area contributed by atoms with Gasteiger partial charge in [-0.05, 0) is 43.5 Å². The van der Waals surface area contributed by atoms with Crippen molar-refractivity contribution in [2.45, 2.75) is 45.2 Å². The summed E-state index contributed by atoms with van der Waals surface area (Å²) in [4.78, 5) is 14.9. The van der Waals surface area contributed by atoms with Crippen molar-refractivity contribution in [1.29, 1.82) is 0 Å². The summed E-state index contributed by atoms with van der Waals surface area (Å²) in [6.45, 7) is 2.32. The molecule has 6 heteroatoms. The molecule has 1 aliphatic carbocycles. The van der Waals surface area contributed by atoms with E-state index in [2.05, 4.69) is 6.07 Å². The quantitative estimate of drug-likeness (QED) is 0.828. The number of hydrogen-bond acceptors (Lipinski definition) is 4. The van der Waals surface area contributed by atoms with E-state index in [0.717, 1.165) is 49.3 Å². The van der Waals surface area contributed by atoms with E-state index in [1.165, 1.54) is 12.8 Å². The number of benzene rings is 1. The first-order valence-corrected chi connectivity index (χ1v) is 9.77. The molecule has 2 aromatic rings. The van der Waals surface area contributed by atoms with E-state index in [1.807, 2.05) is 27.8 Å². The molecule has 144 valence electrons. The number of aromatic nitrogens is 2. The lowest BCUT2D eigenvalue weighted by molar-refractivity contribution is -0.135. The Morgan fingerprint density at radius 3 is 2.56 bits per heavy atom. The van der Waals surface area contributed by atoms with Gasteiger partial charge in [0.05, 0.1) is 32.2 Å². The molecule has 0 saturated heterocycles. The van der Waals surface area contributed by atoms with Crippen LogP contribution in [0, 0.1) is 5.92 Å². The molecule has 0 spiro atoms. The highest BCUT2D eigenvalue weighted by Gasteiger charge is 2.29. The monoisotopic (exact) mass is 369 g/mol. The Bertz CT molecular complexity index is 824. The van der Waals surface area contributed by atoms with Crippen LogP contribution in [0.15, 0.2) is 24.3 Å². The van der Waals surface area contributed by atoms with E-state index in [9.17, 15) is 4.79 Å². The second-order valence-electron chi connectivity index (χ2n) is 7.41. The van der Waals surface area contributed by atoms with Crippen molar-refractivity contribution in [3.63, 3.8) is 0 Å². The molecule has 2 aliphatic rings. The highest BCUT2D eigenvalue weighted by Crippen LogP contribution is 2.33. The summed E-state index contributed by atoms with van der Waals surface area (Å²) in [5.74, 6) is 1.95. The van der Waals surface area contributed by atoms with E-state index in [1.54, 1.807) is 14.2 Å². The molecule has 4 rings (SSSR count). The first kappa shape index (κ1) is 17.9. The first-order valence-electron chi connectivity index (χ1n) is 9.77. The third-order valence-corrected chi connectivity index (χ3v) is 5.71. The largest absolute Gasteiger partial charge is 0.493 e. The second kappa shape index (κ2) is 7.62. The van der Waals surface area contributed by atoms with Gasteiger partial charge in [-0.2, -0.15) is 5.10 Å². The van der Waals surface area contributed by atoms with Crippen molar-refractivity contribution in [2.24, 2.45) is 5.92 Å². The molecule has 6 nitrogen and oxygen atoms in total. The van der Waals surface area contributed by atoms with E-state index in [4.69, 9.17) is 14.6 Å². The SMILES string of the molecule is COc1ccc(-c2cc3n(n2)CCCN(C(=O)C2CCCC2)C3)cc1OC. The Labute approximate surface area is 160 Å². The third-order valence-electron chi connectivity index (χ3n) is 5.71. The zero-order valence-electron chi connectivity index (χ0n) is 16.1. The summed E-state index contributed by atoms with van der Waals surface area (Å²) in [6.07, 6.45) is 5.41. The minimum atomic E-state index is 0.227. The summed E-state index contributed by atoms with van der Waals surface area (Å²) >= 11 is 0. The number of fused-ring (bicyclic) bond motifs is 1. The van der Waals surface area contributed by atoms with Crippen molar-refractivity contribution >= 4 is 5.91 Å². The zero-order chi connectivity index (χ0) is 18.8. The van der Waals surface area contributed by atoms with E-state index in [-0.39, 0.29) is 5.92 Å². The fourth-order valence-corrected chi connectivity index (χ4v) is 4.22. The standard InChI is InChI=1S/C21H27N3O3/c1-26-19-9-8-16(12-20(19)27-2)18-13-17-14-23(10-5-11-24(17)22-18)21(25)15-6-3-4-7-15/h8-9,12-13,15H,3-7,10-11,14H2,1-2H3. The number of nitrogens with zero attached hydrogens (tertiary/aromatic N) is 3. The molecule has 0 atom stereocenters. The lowest BCUT2D eigenvalue weighted by atomic mass is 10.1. The molecule has 0 unspecified atom stereocenters. The molecular formula is C21H27N3O3. The Balaban J connectivity index is 1.58. The van der Waals surface area contributed by atoms with Gasteiger partial charge in [0.15, 0.2) is 11.5 Å². The molecule has 0 bridgehead atoms. The number of rotatable bonds is 4. The maximum absolute atomic E-state index is 12.9. The third kappa shape index (κ3) is 3.53. The summed E-state index contributed by atoms with van der Waals surface area (Å²) < 4.78 is 12.8. The maximum atomic E-state index is 12.9. The molecule has 1 amide bonds. The van der Waals surface area contributed by atoms with Crippen LogP contribution >= 0.6 is 0 Å². The van der Waals surface area contributed by atoms with Crippen LogP contribution in [-0.4, -0.2) is 41.4 Å². The van der Waals surface area contributed by atoms with Crippen LogP contribution in [0.1, 0.15) is 37.8 Å². The molecule has 1 aromatic heterocycles. The van der Waals surface area contributed by atoms with Crippen LogP contribution in [0.25, 0.3) is 11.3 Å². The van der Waals surface area contributed by atoms with E-state index < -0.39 is 0 Å². The van der Waals surface area contributed by atoms with Crippen LogP contribution in [-0.2, 0) is 17.9 Å². The smallest absolute Gasteiger partial charge is 0.226 e. The second-order valence-corrected chi connectivity index (χ2v) is 7.41. The van der Waals surface area contributed by atoms with Crippen molar-refractivity contribution in [1.82, 2.24) is 14.7 Å².